The minimum atomic E-state index is -5.26. The molecule has 2 aliphatic heterocycles. The summed E-state index contributed by atoms with van der Waals surface area (Å²) in [5, 5.41) is 9.19. The predicted molar refractivity (Wildman–Crippen MR) is 151 cm³/mol. The SMILES string of the molecule is CCc1nc2c(OCC(F)(F)F)cccc2n1-c1cccc2c1OC[C@H]2N(C(=O)C(F)(F)F)c1ccc2c(c1)OC[C@H]2CC(=O)O. The molecule has 46 heavy (non-hydrogen) atoms. The van der Waals surface area contributed by atoms with Gasteiger partial charge < -0.3 is 19.3 Å². The van der Waals surface area contributed by atoms with Crippen molar-refractivity contribution in [1.82, 2.24) is 9.55 Å². The molecule has 1 N–H and O–H groups in total. The minimum Gasteiger partial charge on any atom is -0.493 e. The molecular formula is C31H25F6N3O6. The number of carbonyl (C=O) groups excluding carboxylic acids is 1. The van der Waals surface area contributed by atoms with E-state index in [9.17, 15) is 41.0 Å². The maximum absolute atomic E-state index is 14.0. The normalized spacial score (nSPS) is 17.3. The Balaban J connectivity index is 1.43. The van der Waals surface area contributed by atoms with Gasteiger partial charge in [0.05, 0.1) is 30.3 Å². The summed E-state index contributed by atoms with van der Waals surface area (Å²) < 4.78 is 99.0. The van der Waals surface area contributed by atoms with Crippen molar-refractivity contribution in [2.75, 3.05) is 24.7 Å². The lowest BCUT2D eigenvalue weighted by atomic mass is 9.97. The molecule has 3 heterocycles. The molecule has 0 unspecified atom stereocenters. The summed E-state index contributed by atoms with van der Waals surface area (Å²) in [6.45, 7) is -0.0646. The second-order valence-corrected chi connectivity index (χ2v) is 10.8. The third-order valence-corrected chi connectivity index (χ3v) is 7.78. The Labute approximate surface area is 256 Å². The first-order chi connectivity index (χ1) is 21.8. The zero-order chi connectivity index (χ0) is 33.0. The summed E-state index contributed by atoms with van der Waals surface area (Å²) in [5.74, 6) is -3.03. The molecule has 1 amide bonds. The number of aromatic nitrogens is 2. The average Bonchev–Trinajstić information content (AvgIpc) is 3.70. The van der Waals surface area contributed by atoms with Gasteiger partial charge in [-0.1, -0.05) is 31.2 Å². The Morgan fingerprint density at radius 3 is 2.48 bits per heavy atom. The van der Waals surface area contributed by atoms with Gasteiger partial charge in [-0.2, -0.15) is 26.3 Å². The molecule has 1 aromatic heterocycles. The number of amides is 1. The van der Waals surface area contributed by atoms with Crippen molar-refractivity contribution in [2.24, 2.45) is 0 Å². The van der Waals surface area contributed by atoms with Gasteiger partial charge >= 0.3 is 24.2 Å². The van der Waals surface area contributed by atoms with Crippen molar-refractivity contribution in [3.8, 4) is 22.9 Å². The van der Waals surface area contributed by atoms with E-state index in [4.69, 9.17) is 14.2 Å². The summed E-state index contributed by atoms with van der Waals surface area (Å²) in [6, 6.07) is 12.0. The van der Waals surface area contributed by atoms with Crippen LogP contribution in [0, 0.1) is 0 Å². The van der Waals surface area contributed by atoms with Crippen molar-refractivity contribution in [2.45, 2.75) is 44.1 Å². The van der Waals surface area contributed by atoms with E-state index in [1.165, 1.54) is 36.4 Å². The van der Waals surface area contributed by atoms with Gasteiger partial charge in [0, 0.05) is 35.2 Å². The molecule has 9 nitrogen and oxygen atoms in total. The van der Waals surface area contributed by atoms with Crippen LogP contribution in [0.2, 0.25) is 0 Å². The molecular weight excluding hydrogens is 624 g/mol. The van der Waals surface area contributed by atoms with Gasteiger partial charge in [0.25, 0.3) is 0 Å². The zero-order valence-electron chi connectivity index (χ0n) is 24.0. The van der Waals surface area contributed by atoms with E-state index in [1.807, 2.05) is 0 Å². The number of ether oxygens (including phenoxy) is 3. The number of rotatable bonds is 8. The third kappa shape index (κ3) is 5.65. The smallest absolute Gasteiger partial charge is 0.471 e. The van der Waals surface area contributed by atoms with Gasteiger partial charge in [-0.15, -0.1) is 0 Å². The van der Waals surface area contributed by atoms with Crippen LogP contribution in [0.15, 0.2) is 54.6 Å². The second kappa shape index (κ2) is 11.4. The number of alkyl halides is 6. The fraction of sp³-hybridized carbons (Fsp3) is 0.323. The molecule has 0 saturated heterocycles. The zero-order valence-corrected chi connectivity index (χ0v) is 24.0. The predicted octanol–water partition coefficient (Wildman–Crippen LogP) is 6.51. The van der Waals surface area contributed by atoms with Crippen LogP contribution >= 0.6 is 0 Å². The fourth-order valence-corrected chi connectivity index (χ4v) is 5.88. The summed E-state index contributed by atoms with van der Waals surface area (Å²) in [6.07, 6.45) is -9.74. The van der Waals surface area contributed by atoms with Crippen LogP contribution in [-0.4, -0.2) is 58.7 Å². The van der Waals surface area contributed by atoms with Crippen molar-refractivity contribution in [3.05, 3.63) is 71.5 Å². The molecule has 15 heteroatoms. The minimum absolute atomic E-state index is 0.0264. The molecule has 0 saturated carbocycles. The number of halogens is 6. The molecule has 0 radical (unpaired) electrons. The number of carboxylic acids is 1. The van der Waals surface area contributed by atoms with Crippen molar-refractivity contribution in [3.63, 3.8) is 0 Å². The van der Waals surface area contributed by atoms with E-state index in [0.29, 0.717) is 33.9 Å². The molecule has 2 aliphatic rings. The van der Waals surface area contributed by atoms with Gasteiger partial charge in [0.2, 0.25) is 0 Å². The molecule has 0 spiro atoms. The lowest BCUT2D eigenvalue weighted by molar-refractivity contribution is -0.171. The summed E-state index contributed by atoms with van der Waals surface area (Å²) >= 11 is 0. The Morgan fingerprint density at radius 2 is 1.78 bits per heavy atom. The number of hydrogen-bond acceptors (Lipinski definition) is 6. The Bertz CT molecular complexity index is 1840. The van der Waals surface area contributed by atoms with Crippen LogP contribution < -0.4 is 19.1 Å². The Hall–Kier alpha value is -4.95. The van der Waals surface area contributed by atoms with Gasteiger partial charge in [-0.3, -0.25) is 19.1 Å². The standard InChI is InChI=1S/C31H25F6N3O6/c1-2-25-38-27-20(6-4-8-23(27)46-15-30(32,33)34)40(25)21-7-3-5-19-22(14-45-28(19)21)39(29(43)31(35,36)37)17-9-10-18-16(11-26(41)42)13-44-24(18)12-17/h3-10,12,16,22H,2,11,13-15H2,1H3,(H,41,42)/t16-,22-/m1/s1. The van der Waals surface area contributed by atoms with Crippen LogP contribution in [0.4, 0.5) is 32.0 Å². The number of para-hydroxylation sites is 2. The first-order valence-electron chi connectivity index (χ1n) is 14.1. The highest BCUT2D eigenvalue weighted by Gasteiger charge is 2.48. The first kappa shape index (κ1) is 31.0. The van der Waals surface area contributed by atoms with Gasteiger partial charge in [-0.25, -0.2) is 4.98 Å². The molecule has 242 valence electrons. The number of anilines is 1. The van der Waals surface area contributed by atoms with E-state index >= 15 is 0 Å². The van der Waals surface area contributed by atoms with Crippen LogP contribution in [0.3, 0.4) is 0 Å². The molecule has 0 fully saturated rings. The lowest BCUT2D eigenvalue weighted by Gasteiger charge is -2.29. The van der Waals surface area contributed by atoms with E-state index in [-0.39, 0.29) is 53.7 Å². The Morgan fingerprint density at radius 1 is 1.02 bits per heavy atom. The maximum Gasteiger partial charge on any atom is 0.471 e. The van der Waals surface area contributed by atoms with Crippen molar-refractivity contribution in [1.29, 1.82) is 0 Å². The molecule has 4 aromatic rings. The van der Waals surface area contributed by atoms with Crippen LogP contribution in [0.1, 0.15) is 42.3 Å². The molecule has 3 aromatic carbocycles. The average molecular weight is 650 g/mol. The monoisotopic (exact) mass is 649 g/mol. The number of hydrogen-bond donors (Lipinski definition) is 1. The number of aliphatic carboxylic acids is 1. The number of aryl methyl sites for hydroxylation is 1. The van der Waals surface area contributed by atoms with Crippen molar-refractivity contribution >= 4 is 28.6 Å². The van der Waals surface area contributed by atoms with E-state index < -0.39 is 42.8 Å². The maximum atomic E-state index is 14.0. The van der Waals surface area contributed by atoms with Gasteiger partial charge in [-0.05, 0) is 24.3 Å². The van der Waals surface area contributed by atoms with Crippen LogP contribution in [0.5, 0.6) is 17.2 Å². The van der Waals surface area contributed by atoms with E-state index in [1.54, 1.807) is 29.7 Å². The topological polar surface area (TPSA) is 103 Å². The summed E-state index contributed by atoms with van der Waals surface area (Å²) in [5.41, 5.74) is 1.54. The quantitative estimate of drug-likeness (QED) is 0.217. The van der Waals surface area contributed by atoms with Gasteiger partial charge in [0.15, 0.2) is 6.61 Å². The van der Waals surface area contributed by atoms with Crippen LogP contribution in [0.25, 0.3) is 16.7 Å². The summed E-state index contributed by atoms with van der Waals surface area (Å²) in [4.78, 5) is 29.3. The van der Waals surface area contributed by atoms with Gasteiger partial charge in [0.1, 0.15) is 35.2 Å². The first-order valence-corrected chi connectivity index (χ1v) is 14.1. The number of benzene rings is 3. The highest BCUT2D eigenvalue weighted by atomic mass is 19.4. The number of carbonyl (C=O) groups is 2. The Kier molecular flexibility index (Phi) is 7.73. The van der Waals surface area contributed by atoms with E-state index in [2.05, 4.69) is 4.98 Å². The fourth-order valence-electron chi connectivity index (χ4n) is 5.88. The number of nitrogens with zero attached hydrogens (tertiary/aromatic N) is 3. The van der Waals surface area contributed by atoms with E-state index in [0.717, 1.165) is 0 Å². The highest BCUT2D eigenvalue weighted by Crippen LogP contribution is 2.46. The largest absolute Gasteiger partial charge is 0.493 e. The van der Waals surface area contributed by atoms with Crippen LogP contribution in [-0.2, 0) is 16.0 Å². The molecule has 6 rings (SSSR count). The molecule has 2 atom stereocenters. The lowest BCUT2D eigenvalue weighted by Crippen LogP contribution is -2.44. The second-order valence-electron chi connectivity index (χ2n) is 10.8. The third-order valence-electron chi connectivity index (χ3n) is 7.78. The highest BCUT2D eigenvalue weighted by molar-refractivity contribution is 5.98. The number of carboxylic acid groups (broad SMARTS) is 1. The molecule has 0 aliphatic carbocycles. The van der Waals surface area contributed by atoms with Crippen molar-refractivity contribution < 1.29 is 55.2 Å². The molecule has 0 bridgehead atoms. The summed E-state index contributed by atoms with van der Waals surface area (Å²) in [7, 11) is 0. The number of imidazole rings is 1. The number of fused-ring (bicyclic) bond motifs is 3.